The average molecular weight is 202 g/mol. The Hall–Kier alpha value is -0.0800. The summed E-state index contributed by atoms with van der Waals surface area (Å²) in [6.07, 6.45) is 2.41. The molecule has 2 unspecified atom stereocenters. The Morgan fingerprint density at radius 3 is 2.29 bits per heavy atom. The lowest BCUT2D eigenvalue weighted by Crippen LogP contribution is -2.34. The van der Waals surface area contributed by atoms with Crippen LogP contribution in [0.1, 0.15) is 47.5 Å². The molecule has 0 aliphatic rings. The third-order valence-electron chi connectivity index (χ3n) is 3.20. The fraction of sp³-hybridized carbons (Fsp3) is 1.00. The van der Waals surface area contributed by atoms with E-state index in [0.29, 0.717) is 12.5 Å². The summed E-state index contributed by atoms with van der Waals surface area (Å²) < 4.78 is 5.64. The van der Waals surface area contributed by atoms with Crippen LogP contribution in [0.5, 0.6) is 0 Å². The van der Waals surface area contributed by atoms with Crippen LogP contribution in [0.2, 0.25) is 0 Å². The molecule has 0 radical (unpaired) electrons. The number of hydrogen-bond donors (Lipinski definition) is 1. The normalized spacial score (nSPS) is 16.7. The summed E-state index contributed by atoms with van der Waals surface area (Å²) in [6, 6.07) is 0. The van der Waals surface area contributed by atoms with E-state index in [1.807, 2.05) is 0 Å². The Kier molecular flexibility index (Phi) is 6.38. The number of aliphatic hydroxyl groups is 1. The van der Waals surface area contributed by atoms with Gasteiger partial charge in [-0.1, -0.05) is 27.2 Å². The Morgan fingerprint density at radius 1 is 1.29 bits per heavy atom. The summed E-state index contributed by atoms with van der Waals surface area (Å²) in [6.45, 7) is 11.5. The highest BCUT2D eigenvalue weighted by Gasteiger charge is 2.27. The zero-order valence-corrected chi connectivity index (χ0v) is 10.3. The third-order valence-corrected chi connectivity index (χ3v) is 3.20. The van der Waals surface area contributed by atoms with Gasteiger partial charge in [0.05, 0.1) is 18.8 Å². The molecule has 1 N–H and O–H groups in total. The lowest BCUT2D eigenvalue weighted by atomic mass is 9.84. The number of aliphatic hydroxyl groups excluding tert-OH is 1. The van der Waals surface area contributed by atoms with Gasteiger partial charge in [-0.25, -0.2) is 0 Å². The minimum Gasteiger partial charge on any atom is -0.394 e. The van der Waals surface area contributed by atoms with Crippen LogP contribution >= 0.6 is 0 Å². The molecule has 0 aliphatic heterocycles. The second kappa shape index (κ2) is 6.41. The quantitative estimate of drug-likeness (QED) is 0.688. The van der Waals surface area contributed by atoms with Gasteiger partial charge in [0.2, 0.25) is 0 Å². The van der Waals surface area contributed by atoms with Gasteiger partial charge in [-0.05, 0) is 32.1 Å². The highest BCUT2D eigenvalue weighted by molar-refractivity contribution is 4.77. The molecule has 0 aromatic carbocycles. The predicted molar refractivity (Wildman–Crippen MR) is 60.4 cm³/mol. The van der Waals surface area contributed by atoms with E-state index in [4.69, 9.17) is 9.84 Å². The molecule has 0 fully saturated rings. The van der Waals surface area contributed by atoms with Gasteiger partial charge >= 0.3 is 0 Å². The maximum Gasteiger partial charge on any atom is 0.0705 e. The van der Waals surface area contributed by atoms with Crippen LogP contribution in [0, 0.1) is 11.8 Å². The highest BCUT2D eigenvalue weighted by atomic mass is 16.5. The van der Waals surface area contributed by atoms with E-state index in [9.17, 15) is 0 Å². The van der Waals surface area contributed by atoms with E-state index in [1.165, 1.54) is 12.8 Å². The van der Waals surface area contributed by atoms with Crippen LogP contribution in [0.4, 0.5) is 0 Å². The first-order valence-electron chi connectivity index (χ1n) is 5.68. The van der Waals surface area contributed by atoms with E-state index in [-0.39, 0.29) is 12.2 Å². The first-order valence-corrected chi connectivity index (χ1v) is 5.68. The fourth-order valence-electron chi connectivity index (χ4n) is 1.50. The smallest absolute Gasteiger partial charge is 0.0705 e. The lowest BCUT2D eigenvalue weighted by molar-refractivity contribution is -0.0715. The van der Waals surface area contributed by atoms with Crippen LogP contribution < -0.4 is 0 Å². The van der Waals surface area contributed by atoms with E-state index in [0.717, 1.165) is 5.92 Å². The molecule has 14 heavy (non-hydrogen) atoms. The van der Waals surface area contributed by atoms with Gasteiger partial charge < -0.3 is 9.84 Å². The predicted octanol–water partition coefficient (Wildman–Crippen LogP) is 2.85. The van der Waals surface area contributed by atoms with Crippen molar-refractivity contribution in [2.75, 3.05) is 13.2 Å². The molecule has 0 amide bonds. The molecule has 0 saturated carbocycles. The molecule has 0 heterocycles. The maximum absolute atomic E-state index is 8.71. The molecule has 2 heteroatoms. The molecular formula is C12H26O2. The van der Waals surface area contributed by atoms with Gasteiger partial charge in [0.25, 0.3) is 0 Å². The van der Waals surface area contributed by atoms with Gasteiger partial charge in [-0.15, -0.1) is 0 Å². The van der Waals surface area contributed by atoms with Crippen LogP contribution in [-0.4, -0.2) is 23.9 Å². The van der Waals surface area contributed by atoms with Crippen LogP contribution in [0.3, 0.4) is 0 Å². The molecule has 0 saturated heterocycles. The largest absolute Gasteiger partial charge is 0.394 e. The minimum absolute atomic E-state index is 0.111. The van der Waals surface area contributed by atoms with Crippen molar-refractivity contribution in [3.05, 3.63) is 0 Å². The number of hydrogen-bond acceptors (Lipinski definition) is 2. The molecular weight excluding hydrogens is 176 g/mol. The first-order chi connectivity index (χ1) is 6.44. The summed E-state index contributed by atoms with van der Waals surface area (Å²) in [7, 11) is 0. The summed E-state index contributed by atoms with van der Waals surface area (Å²) in [5.74, 6) is 1.28. The summed E-state index contributed by atoms with van der Waals surface area (Å²) >= 11 is 0. The minimum atomic E-state index is -0.119. The Labute approximate surface area is 88.7 Å². The van der Waals surface area contributed by atoms with Crippen molar-refractivity contribution in [3.8, 4) is 0 Å². The average Bonchev–Trinajstić information content (AvgIpc) is 2.14. The van der Waals surface area contributed by atoms with Gasteiger partial charge in [-0.2, -0.15) is 0 Å². The van der Waals surface area contributed by atoms with Gasteiger partial charge in [0.1, 0.15) is 0 Å². The molecule has 0 rings (SSSR count). The van der Waals surface area contributed by atoms with Crippen molar-refractivity contribution in [2.24, 2.45) is 11.8 Å². The van der Waals surface area contributed by atoms with E-state index in [1.54, 1.807) is 0 Å². The molecule has 0 aliphatic carbocycles. The standard InChI is InChI=1S/C12H26O2/c1-6-10(2)9-11(3)12(4,5)14-8-7-13/h10-11,13H,6-9H2,1-5H3. The van der Waals surface area contributed by atoms with Gasteiger partial charge in [-0.3, -0.25) is 0 Å². The topological polar surface area (TPSA) is 29.5 Å². The zero-order valence-electron chi connectivity index (χ0n) is 10.3. The molecule has 2 nitrogen and oxygen atoms in total. The van der Waals surface area contributed by atoms with Crippen LogP contribution in [-0.2, 0) is 4.74 Å². The SMILES string of the molecule is CCC(C)CC(C)C(C)(C)OCCO. The lowest BCUT2D eigenvalue weighted by Gasteiger charge is -2.33. The first kappa shape index (κ1) is 13.9. The second-order valence-electron chi connectivity index (χ2n) is 4.83. The van der Waals surface area contributed by atoms with Crippen molar-refractivity contribution in [3.63, 3.8) is 0 Å². The molecule has 0 aromatic heterocycles. The van der Waals surface area contributed by atoms with E-state index in [2.05, 4.69) is 34.6 Å². The monoisotopic (exact) mass is 202 g/mol. The number of rotatable bonds is 7. The van der Waals surface area contributed by atoms with Crippen molar-refractivity contribution in [1.29, 1.82) is 0 Å². The van der Waals surface area contributed by atoms with Gasteiger partial charge in [0.15, 0.2) is 0 Å². The summed E-state index contributed by atoms with van der Waals surface area (Å²) in [4.78, 5) is 0. The second-order valence-corrected chi connectivity index (χ2v) is 4.83. The Bertz CT molecular complexity index is 143. The van der Waals surface area contributed by atoms with Crippen LogP contribution in [0.25, 0.3) is 0 Å². The Balaban J connectivity index is 3.99. The molecule has 0 bridgehead atoms. The third kappa shape index (κ3) is 4.97. The van der Waals surface area contributed by atoms with Crippen molar-refractivity contribution < 1.29 is 9.84 Å². The maximum atomic E-state index is 8.71. The van der Waals surface area contributed by atoms with Crippen molar-refractivity contribution >= 4 is 0 Å². The summed E-state index contributed by atoms with van der Waals surface area (Å²) in [5, 5.41) is 8.71. The molecule has 0 spiro atoms. The van der Waals surface area contributed by atoms with Crippen LogP contribution in [0.15, 0.2) is 0 Å². The molecule has 0 aromatic rings. The van der Waals surface area contributed by atoms with E-state index >= 15 is 0 Å². The summed E-state index contributed by atoms with van der Waals surface area (Å²) in [5.41, 5.74) is -0.119. The zero-order chi connectivity index (χ0) is 11.2. The van der Waals surface area contributed by atoms with Crippen molar-refractivity contribution in [2.45, 2.75) is 53.1 Å². The van der Waals surface area contributed by atoms with Gasteiger partial charge in [0, 0.05) is 0 Å². The highest BCUT2D eigenvalue weighted by Crippen LogP contribution is 2.27. The Morgan fingerprint density at radius 2 is 1.86 bits per heavy atom. The fourth-order valence-corrected chi connectivity index (χ4v) is 1.50. The molecule has 86 valence electrons. The number of ether oxygens (including phenoxy) is 1. The van der Waals surface area contributed by atoms with Crippen molar-refractivity contribution in [1.82, 2.24) is 0 Å². The molecule has 2 atom stereocenters. The van der Waals surface area contributed by atoms with E-state index < -0.39 is 0 Å².